The van der Waals surface area contributed by atoms with Crippen molar-refractivity contribution in [1.82, 2.24) is 4.98 Å². The van der Waals surface area contributed by atoms with Crippen LogP contribution < -0.4 is 15.1 Å². The lowest BCUT2D eigenvalue weighted by molar-refractivity contribution is 0.0970. The summed E-state index contributed by atoms with van der Waals surface area (Å²) in [5.41, 5.74) is 0.599. The first kappa shape index (κ1) is 22.8. The molecule has 1 unspecified atom stereocenters. The average Bonchev–Trinajstić information content (AvgIpc) is 3.18. The Morgan fingerprint density at radius 3 is 2.60 bits per heavy atom. The van der Waals surface area contributed by atoms with Gasteiger partial charge in [-0.05, 0) is 54.4 Å². The SMILES string of the molecule is CCCCCCOc1ccc(C2c3c(oc4ccc(F)cc4c3=O)C(=O)N2c2ccccn2)cc1. The molecule has 5 rings (SSSR count). The number of ether oxygens (including phenoxy) is 1. The Hall–Kier alpha value is -4.00. The maximum Gasteiger partial charge on any atom is 0.296 e. The number of anilines is 1. The van der Waals surface area contributed by atoms with E-state index in [4.69, 9.17) is 9.15 Å². The summed E-state index contributed by atoms with van der Waals surface area (Å²) in [4.78, 5) is 32.8. The molecule has 0 fully saturated rings. The minimum absolute atomic E-state index is 0.0546. The number of fused-ring (bicyclic) bond motifs is 2. The highest BCUT2D eigenvalue weighted by Crippen LogP contribution is 2.40. The van der Waals surface area contributed by atoms with Gasteiger partial charge in [0.1, 0.15) is 23.0 Å². The number of unbranched alkanes of at least 4 members (excludes halogenated alkanes) is 3. The number of rotatable bonds is 8. The first-order valence-corrected chi connectivity index (χ1v) is 11.8. The van der Waals surface area contributed by atoms with Crippen molar-refractivity contribution in [2.75, 3.05) is 11.5 Å². The Morgan fingerprint density at radius 2 is 1.86 bits per heavy atom. The molecule has 1 atom stereocenters. The van der Waals surface area contributed by atoms with Crippen molar-refractivity contribution in [3.05, 3.63) is 99.8 Å². The van der Waals surface area contributed by atoms with Crippen LogP contribution in [0.3, 0.4) is 0 Å². The molecule has 3 heterocycles. The normalized spacial score (nSPS) is 15.0. The average molecular weight is 473 g/mol. The third-order valence-electron chi connectivity index (χ3n) is 6.19. The molecular formula is C28H25FN2O4. The predicted molar refractivity (Wildman–Crippen MR) is 131 cm³/mol. The second kappa shape index (κ2) is 9.70. The van der Waals surface area contributed by atoms with Crippen molar-refractivity contribution in [2.45, 2.75) is 38.6 Å². The highest BCUT2D eigenvalue weighted by molar-refractivity contribution is 6.10. The molecule has 35 heavy (non-hydrogen) atoms. The number of pyridine rings is 1. The molecule has 0 radical (unpaired) electrons. The molecule has 2 aromatic heterocycles. The van der Waals surface area contributed by atoms with Gasteiger partial charge in [-0.2, -0.15) is 0 Å². The summed E-state index contributed by atoms with van der Waals surface area (Å²) in [6.45, 7) is 2.80. The number of amides is 1. The molecule has 1 aliphatic rings. The fourth-order valence-electron chi connectivity index (χ4n) is 4.46. The summed E-state index contributed by atoms with van der Waals surface area (Å²) in [7, 11) is 0. The largest absolute Gasteiger partial charge is 0.494 e. The minimum Gasteiger partial charge on any atom is -0.494 e. The van der Waals surface area contributed by atoms with Crippen molar-refractivity contribution in [3.8, 4) is 5.75 Å². The molecule has 0 saturated carbocycles. The Bertz CT molecular complexity index is 1420. The molecule has 0 N–H and O–H groups in total. The Morgan fingerprint density at radius 1 is 1.03 bits per heavy atom. The van der Waals surface area contributed by atoms with E-state index in [1.165, 1.54) is 29.9 Å². The molecule has 4 aromatic rings. The standard InChI is InChI=1S/C28H25FN2O4/c1-2-3-4-7-16-34-20-12-9-18(10-13-20)25-24-26(32)21-17-19(29)11-14-22(21)35-27(24)28(33)31(25)23-8-5-6-15-30-23/h5-6,8-15,17,25H,2-4,7,16H2,1H3. The lowest BCUT2D eigenvalue weighted by Crippen LogP contribution is -2.30. The zero-order valence-corrected chi connectivity index (χ0v) is 19.4. The molecule has 2 aromatic carbocycles. The molecule has 1 aliphatic heterocycles. The van der Waals surface area contributed by atoms with Gasteiger partial charge in [-0.1, -0.05) is 44.4 Å². The number of nitrogens with zero attached hydrogens (tertiary/aromatic N) is 2. The fourth-order valence-corrected chi connectivity index (χ4v) is 4.46. The number of carbonyl (C=O) groups excluding carboxylic acids is 1. The summed E-state index contributed by atoms with van der Waals surface area (Å²) < 4.78 is 25.6. The van der Waals surface area contributed by atoms with E-state index in [9.17, 15) is 14.0 Å². The van der Waals surface area contributed by atoms with Crippen LogP contribution in [0.25, 0.3) is 11.0 Å². The van der Waals surface area contributed by atoms with Crippen molar-refractivity contribution in [3.63, 3.8) is 0 Å². The van der Waals surface area contributed by atoms with E-state index < -0.39 is 23.2 Å². The van der Waals surface area contributed by atoms with Gasteiger partial charge >= 0.3 is 0 Å². The Balaban J connectivity index is 1.56. The van der Waals surface area contributed by atoms with E-state index in [0.29, 0.717) is 23.7 Å². The van der Waals surface area contributed by atoms with Crippen LogP contribution in [0.2, 0.25) is 0 Å². The molecule has 178 valence electrons. The van der Waals surface area contributed by atoms with Gasteiger partial charge in [0, 0.05) is 6.20 Å². The zero-order chi connectivity index (χ0) is 24.4. The highest BCUT2D eigenvalue weighted by atomic mass is 19.1. The van der Waals surface area contributed by atoms with Crippen LogP contribution in [-0.2, 0) is 0 Å². The first-order chi connectivity index (χ1) is 17.1. The summed E-state index contributed by atoms with van der Waals surface area (Å²) in [5.74, 6) is 0.0310. The monoisotopic (exact) mass is 472 g/mol. The topological polar surface area (TPSA) is 72.6 Å². The minimum atomic E-state index is -0.769. The van der Waals surface area contributed by atoms with Crippen molar-refractivity contribution in [2.24, 2.45) is 0 Å². The Labute approximate surface area is 202 Å². The van der Waals surface area contributed by atoms with Gasteiger partial charge < -0.3 is 9.15 Å². The van der Waals surface area contributed by atoms with Gasteiger partial charge in [-0.3, -0.25) is 14.5 Å². The number of carbonyl (C=O) groups is 1. The lowest BCUT2D eigenvalue weighted by atomic mass is 9.98. The van der Waals surface area contributed by atoms with Crippen LogP contribution in [0.5, 0.6) is 5.75 Å². The summed E-state index contributed by atoms with van der Waals surface area (Å²) in [6.07, 6.45) is 6.04. The summed E-state index contributed by atoms with van der Waals surface area (Å²) in [5, 5.41) is 0.0939. The van der Waals surface area contributed by atoms with Gasteiger partial charge in [-0.25, -0.2) is 9.37 Å². The highest BCUT2D eigenvalue weighted by Gasteiger charge is 2.44. The summed E-state index contributed by atoms with van der Waals surface area (Å²) >= 11 is 0. The molecule has 0 spiro atoms. The van der Waals surface area contributed by atoms with Crippen LogP contribution >= 0.6 is 0 Å². The third kappa shape index (κ3) is 4.30. The van der Waals surface area contributed by atoms with Crippen LogP contribution in [0.15, 0.2) is 76.1 Å². The second-order valence-corrected chi connectivity index (χ2v) is 8.56. The maximum atomic E-state index is 13.9. The van der Waals surface area contributed by atoms with E-state index in [-0.39, 0.29) is 22.3 Å². The van der Waals surface area contributed by atoms with Gasteiger partial charge in [0.05, 0.1) is 23.6 Å². The quantitative estimate of drug-likeness (QED) is 0.293. The maximum absolute atomic E-state index is 13.9. The van der Waals surface area contributed by atoms with E-state index in [2.05, 4.69) is 11.9 Å². The number of hydrogen-bond acceptors (Lipinski definition) is 5. The van der Waals surface area contributed by atoms with Crippen LogP contribution in [0, 0.1) is 5.82 Å². The van der Waals surface area contributed by atoms with Crippen LogP contribution in [-0.4, -0.2) is 17.5 Å². The first-order valence-electron chi connectivity index (χ1n) is 11.8. The third-order valence-corrected chi connectivity index (χ3v) is 6.19. The number of hydrogen-bond donors (Lipinski definition) is 0. The molecule has 0 saturated heterocycles. The molecule has 1 amide bonds. The van der Waals surface area contributed by atoms with Crippen molar-refractivity contribution < 1.29 is 18.3 Å². The number of halogens is 1. The van der Waals surface area contributed by atoms with Crippen molar-refractivity contribution in [1.29, 1.82) is 0 Å². The molecule has 0 aliphatic carbocycles. The molecule has 7 heteroatoms. The van der Waals surface area contributed by atoms with E-state index >= 15 is 0 Å². The van der Waals surface area contributed by atoms with Gasteiger partial charge in [0.25, 0.3) is 5.91 Å². The molecule has 6 nitrogen and oxygen atoms in total. The van der Waals surface area contributed by atoms with Gasteiger partial charge in [0.2, 0.25) is 5.76 Å². The van der Waals surface area contributed by atoms with Crippen LogP contribution in [0.1, 0.15) is 60.3 Å². The predicted octanol–water partition coefficient (Wildman–Crippen LogP) is 6.04. The van der Waals surface area contributed by atoms with E-state index in [0.717, 1.165) is 18.9 Å². The summed E-state index contributed by atoms with van der Waals surface area (Å²) in [6, 6.07) is 15.5. The second-order valence-electron chi connectivity index (χ2n) is 8.56. The van der Waals surface area contributed by atoms with Crippen LogP contribution in [0.4, 0.5) is 10.2 Å². The smallest absolute Gasteiger partial charge is 0.296 e. The molecular weight excluding hydrogens is 447 g/mol. The molecule has 0 bridgehead atoms. The Kier molecular flexibility index (Phi) is 6.31. The fraction of sp³-hybridized carbons (Fsp3) is 0.250. The zero-order valence-electron chi connectivity index (χ0n) is 19.4. The van der Waals surface area contributed by atoms with Gasteiger partial charge in [-0.15, -0.1) is 0 Å². The van der Waals surface area contributed by atoms with E-state index in [1.54, 1.807) is 24.4 Å². The number of benzene rings is 2. The van der Waals surface area contributed by atoms with E-state index in [1.807, 2.05) is 24.3 Å². The van der Waals surface area contributed by atoms with Crippen molar-refractivity contribution >= 4 is 22.7 Å². The lowest BCUT2D eigenvalue weighted by Gasteiger charge is -2.24. The van der Waals surface area contributed by atoms with Gasteiger partial charge in [0.15, 0.2) is 5.43 Å². The number of aromatic nitrogens is 1.